The van der Waals surface area contributed by atoms with Crippen LogP contribution < -0.4 is 0 Å². The maximum Gasteiger partial charge on any atom is 0.312 e. The lowest BCUT2D eigenvalue weighted by atomic mass is 10.2. The van der Waals surface area contributed by atoms with Crippen molar-refractivity contribution in [1.29, 1.82) is 0 Å². The third-order valence-corrected chi connectivity index (χ3v) is 2.83. The number of carbonyl (C=O) groups excluding carboxylic acids is 1. The maximum absolute atomic E-state index is 11.6. The molecule has 1 amide bonds. The van der Waals surface area contributed by atoms with Crippen LogP contribution in [-0.4, -0.2) is 47.2 Å². The zero-order valence-corrected chi connectivity index (χ0v) is 7.81. The second kappa shape index (κ2) is 3.57. The molecule has 0 saturated carbocycles. The minimum atomic E-state index is -1.05. The highest BCUT2D eigenvalue weighted by atomic mass is 16.5. The molecule has 2 aliphatic rings. The molecule has 0 aromatic rings. The Balaban J connectivity index is 2.03. The van der Waals surface area contributed by atoms with Gasteiger partial charge in [-0.1, -0.05) is 0 Å². The van der Waals surface area contributed by atoms with Crippen LogP contribution in [0.3, 0.4) is 0 Å². The summed E-state index contributed by atoms with van der Waals surface area (Å²) in [5.74, 6) is -1.32. The standard InChI is InChI=1S/C9H13NO4/c11-8(3-9(12)13)10-6-1-2-7(10)5-14-4-6/h6-7H,1-5H2,(H,12,13). The summed E-state index contributed by atoms with van der Waals surface area (Å²) in [4.78, 5) is 23.7. The van der Waals surface area contributed by atoms with E-state index in [9.17, 15) is 9.59 Å². The van der Waals surface area contributed by atoms with Gasteiger partial charge in [-0.2, -0.15) is 0 Å². The molecule has 0 aliphatic carbocycles. The Labute approximate surface area is 81.6 Å². The first-order valence-corrected chi connectivity index (χ1v) is 4.79. The summed E-state index contributed by atoms with van der Waals surface area (Å²) in [6, 6.07) is 0.223. The van der Waals surface area contributed by atoms with Crippen LogP contribution in [0.25, 0.3) is 0 Å². The minimum absolute atomic E-state index is 0.112. The first kappa shape index (κ1) is 9.45. The number of hydrogen-bond acceptors (Lipinski definition) is 3. The number of morpholine rings is 1. The van der Waals surface area contributed by atoms with Crippen molar-refractivity contribution < 1.29 is 19.4 Å². The first-order chi connectivity index (χ1) is 6.68. The van der Waals surface area contributed by atoms with Crippen LogP contribution in [0.2, 0.25) is 0 Å². The molecule has 2 fully saturated rings. The molecule has 2 atom stereocenters. The predicted octanol–water partition coefficient (Wildman–Crippen LogP) is -0.149. The van der Waals surface area contributed by atoms with Gasteiger partial charge in [0.1, 0.15) is 6.42 Å². The Hall–Kier alpha value is -1.10. The molecule has 2 saturated heterocycles. The number of nitrogens with zero attached hydrogens (tertiary/aromatic N) is 1. The molecular weight excluding hydrogens is 186 g/mol. The monoisotopic (exact) mass is 199 g/mol. The van der Waals surface area contributed by atoms with Gasteiger partial charge in [-0.25, -0.2) is 0 Å². The molecule has 0 spiro atoms. The molecule has 0 radical (unpaired) electrons. The van der Waals surface area contributed by atoms with Crippen molar-refractivity contribution >= 4 is 11.9 Å². The van der Waals surface area contributed by atoms with E-state index >= 15 is 0 Å². The number of carboxylic acid groups (broad SMARTS) is 1. The highest BCUT2D eigenvalue weighted by Crippen LogP contribution is 2.29. The summed E-state index contributed by atoms with van der Waals surface area (Å²) < 4.78 is 5.30. The Kier molecular flexibility index (Phi) is 2.41. The van der Waals surface area contributed by atoms with E-state index in [0.29, 0.717) is 13.2 Å². The van der Waals surface area contributed by atoms with Crippen LogP contribution in [0, 0.1) is 0 Å². The van der Waals surface area contributed by atoms with E-state index in [2.05, 4.69) is 0 Å². The average Bonchev–Trinajstić information content (AvgIpc) is 2.36. The lowest BCUT2D eigenvalue weighted by Crippen LogP contribution is -2.49. The Morgan fingerprint density at radius 3 is 2.36 bits per heavy atom. The van der Waals surface area contributed by atoms with E-state index in [-0.39, 0.29) is 18.0 Å². The normalized spacial score (nSPS) is 30.4. The molecule has 5 heteroatoms. The van der Waals surface area contributed by atoms with Gasteiger partial charge >= 0.3 is 5.97 Å². The first-order valence-electron chi connectivity index (χ1n) is 4.79. The molecule has 14 heavy (non-hydrogen) atoms. The van der Waals surface area contributed by atoms with E-state index in [1.54, 1.807) is 4.90 Å². The Morgan fingerprint density at radius 2 is 1.86 bits per heavy atom. The quantitative estimate of drug-likeness (QED) is 0.628. The summed E-state index contributed by atoms with van der Waals surface area (Å²) in [7, 11) is 0. The molecule has 0 aromatic carbocycles. The number of ether oxygens (including phenoxy) is 1. The van der Waals surface area contributed by atoms with Gasteiger partial charge in [0.2, 0.25) is 5.91 Å². The predicted molar refractivity (Wildman–Crippen MR) is 46.7 cm³/mol. The second-order valence-corrected chi connectivity index (χ2v) is 3.79. The summed E-state index contributed by atoms with van der Waals surface area (Å²) in [6.45, 7) is 1.11. The van der Waals surface area contributed by atoms with Crippen LogP contribution in [-0.2, 0) is 14.3 Å². The number of rotatable bonds is 2. The van der Waals surface area contributed by atoms with Gasteiger partial charge in [0, 0.05) is 0 Å². The lowest BCUT2D eigenvalue weighted by Gasteiger charge is -2.34. The number of aliphatic carboxylic acids is 1. The molecule has 78 valence electrons. The zero-order valence-electron chi connectivity index (χ0n) is 7.81. The highest BCUT2D eigenvalue weighted by molar-refractivity contribution is 5.93. The zero-order chi connectivity index (χ0) is 10.1. The molecular formula is C9H13NO4. The summed E-state index contributed by atoms with van der Waals surface area (Å²) >= 11 is 0. The number of hydrogen-bond donors (Lipinski definition) is 1. The Bertz CT molecular complexity index is 250. The van der Waals surface area contributed by atoms with Crippen molar-refractivity contribution in [1.82, 2.24) is 4.90 Å². The summed E-state index contributed by atoms with van der Waals surface area (Å²) in [5, 5.41) is 8.53. The van der Waals surface area contributed by atoms with Crippen molar-refractivity contribution in [3.05, 3.63) is 0 Å². The van der Waals surface area contributed by atoms with Crippen LogP contribution in [0.15, 0.2) is 0 Å². The molecule has 2 aliphatic heterocycles. The molecule has 2 bridgehead atoms. The van der Waals surface area contributed by atoms with Crippen molar-refractivity contribution in [2.75, 3.05) is 13.2 Å². The van der Waals surface area contributed by atoms with Crippen LogP contribution in [0.5, 0.6) is 0 Å². The maximum atomic E-state index is 11.6. The van der Waals surface area contributed by atoms with Gasteiger partial charge in [-0.15, -0.1) is 0 Å². The fourth-order valence-corrected chi connectivity index (χ4v) is 2.26. The summed E-state index contributed by atoms with van der Waals surface area (Å²) in [6.07, 6.45) is 1.49. The largest absolute Gasteiger partial charge is 0.481 e. The van der Waals surface area contributed by atoms with E-state index in [1.807, 2.05) is 0 Å². The average molecular weight is 199 g/mol. The lowest BCUT2D eigenvalue weighted by molar-refractivity contribution is -0.149. The molecule has 1 N–H and O–H groups in total. The number of carbonyl (C=O) groups is 2. The topological polar surface area (TPSA) is 66.8 Å². The third kappa shape index (κ3) is 1.59. The summed E-state index contributed by atoms with van der Waals surface area (Å²) in [5.41, 5.74) is 0. The van der Waals surface area contributed by atoms with Crippen molar-refractivity contribution in [3.8, 4) is 0 Å². The van der Waals surface area contributed by atoms with E-state index in [0.717, 1.165) is 12.8 Å². The van der Waals surface area contributed by atoms with E-state index in [1.165, 1.54) is 0 Å². The van der Waals surface area contributed by atoms with Crippen molar-refractivity contribution in [2.45, 2.75) is 31.3 Å². The van der Waals surface area contributed by atoms with E-state index < -0.39 is 12.4 Å². The fourth-order valence-electron chi connectivity index (χ4n) is 2.26. The second-order valence-electron chi connectivity index (χ2n) is 3.79. The molecule has 0 aromatic heterocycles. The molecule has 2 unspecified atom stereocenters. The Morgan fingerprint density at radius 1 is 1.29 bits per heavy atom. The van der Waals surface area contributed by atoms with Gasteiger partial charge in [-0.05, 0) is 12.8 Å². The smallest absolute Gasteiger partial charge is 0.312 e. The van der Waals surface area contributed by atoms with Gasteiger partial charge in [0.05, 0.1) is 25.3 Å². The van der Waals surface area contributed by atoms with Gasteiger partial charge in [0.15, 0.2) is 0 Å². The van der Waals surface area contributed by atoms with Crippen molar-refractivity contribution in [2.24, 2.45) is 0 Å². The van der Waals surface area contributed by atoms with Gasteiger partial charge < -0.3 is 14.7 Å². The SMILES string of the molecule is O=C(O)CC(=O)N1C2CCC1COC2. The fraction of sp³-hybridized carbons (Fsp3) is 0.778. The number of fused-ring (bicyclic) bond motifs is 2. The van der Waals surface area contributed by atoms with Crippen molar-refractivity contribution in [3.63, 3.8) is 0 Å². The molecule has 2 rings (SSSR count). The van der Waals surface area contributed by atoms with Crippen LogP contribution >= 0.6 is 0 Å². The number of carboxylic acids is 1. The van der Waals surface area contributed by atoms with Gasteiger partial charge in [0.25, 0.3) is 0 Å². The highest BCUT2D eigenvalue weighted by Gasteiger charge is 2.40. The number of amides is 1. The minimum Gasteiger partial charge on any atom is -0.481 e. The van der Waals surface area contributed by atoms with Gasteiger partial charge in [-0.3, -0.25) is 9.59 Å². The molecule has 5 nitrogen and oxygen atoms in total. The third-order valence-electron chi connectivity index (χ3n) is 2.83. The molecule has 2 heterocycles. The van der Waals surface area contributed by atoms with Crippen LogP contribution in [0.4, 0.5) is 0 Å². The van der Waals surface area contributed by atoms with Crippen LogP contribution in [0.1, 0.15) is 19.3 Å². The van der Waals surface area contributed by atoms with E-state index in [4.69, 9.17) is 9.84 Å².